The molecule has 0 spiro atoms. The number of aromatic amines is 1. The highest BCUT2D eigenvalue weighted by Gasteiger charge is 2.22. The van der Waals surface area contributed by atoms with Crippen LogP contribution >= 0.6 is 35.2 Å². The van der Waals surface area contributed by atoms with Gasteiger partial charge in [-0.3, -0.25) is 9.59 Å². The molecule has 0 unspecified atom stereocenters. The van der Waals surface area contributed by atoms with Crippen molar-refractivity contribution in [2.45, 2.75) is 25.7 Å². The second kappa shape index (κ2) is 5.95. The first-order valence-electron chi connectivity index (χ1n) is 7.66. The second-order valence-electron chi connectivity index (χ2n) is 5.80. The Kier molecular flexibility index (Phi) is 3.90. The first-order valence-corrected chi connectivity index (χ1v) is 9.26. The Bertz CT molecular complexity index is 1080. The number of aromatic nitrogens is 2. The molecule has 1 aliphatic rings. The van der Waals surface area contributed by atoms with Gasteiger partial charge in [0, 0.05) is 15.5 Å². The summed E-state index contributed by atoms with van der Waals surface area (Å²) in [5.41, 5.74) is 1.13. The van der Waals surface area contributed by atoms with Crippen LogP contribution in [0.4, 0.5) is 0 Å². The normalized spacial score (nSPS) is 13.9. The van der Waals surface area contributed by atoms with Crippen molar-refractivity contribution >= 4 is 51.3 Å². The number of nitrogens with one attached hydrogen (secondary N) is 1. The summed E-state index contributed by atoms with van der Waals surface area (Å²) in [5, 5.41) is 1.15. The minimum atomic E-state index is -0.435. The number of rotatable bonds is 1. The molecule has 0 radical (unpaired) electrons. The van der Waals surface area contributed by atoms with Crippen molar-refractivity contribution in [3.63, 3.8) is 0 Å². The fourth-order valence-corrected chi connectivity index (χ4v) is 4.88. The molecule has 0 amide bonds. The van der Waals surface area contributed by atoms with Gasteiger partial charge in [-0.2, -0.15) is 0 Å². The predicted octanol–water partition coefficient (Wildman–Crippen LogP) is 4.34. The fourth-order valence-electron chi connectivity index (χ4n) is 3.14. The average Bonchev–Trinajstić information content (AvgIpc) is 2.93. The molecule has 3 aromatic rings. The Labute approximate surface area is 151 Å². The van der Waals surface area contributed by atoms with E-state index in [-0.39, 0.29) is 10.3 Å². The van der Waals surface area contributed by atoms with E-state index in [1.807, 2.05) is 0 Å². The molecule has 0 atom stereocenters. The van der Waals surface area contributed by atoms with Gasteiger partial charge in [-0.25, -0.2) is 4.57 Å². The maximum atomic E-state index is 13.0. The molecule has 1 aliphatic carbocycles. The van der Waals surface area contributed by atoms with E-state index >= 15 is 0 Å². The Hall–Kier alpha value is -1.76. The lowest BCUT2D eigenvalue weighted by atomic mass is 9.97. The number of H-pyrrole nitrogens is 1. The van der Waals surface area contributed by atoms with Gasteiger partial charge in [-0.1, -0.05) is 11.6 Å². The summed E-state index contributed by atoms with van der Waals surface area (Å²) in [5.74, 6) is -0.435. The fraction of sp³-hybridized carbons (Fsp3) is 0.235. The summed E-state index contributed by atoms with van der Waals surface area (Å²) >= 11 is 12.7. The summed E-state index contributed by atoms with van der Waals surface area (Å²) in [6, 6.07) is 6.44. The molecule has 0 fully saturated rings. The van der Waals surface area contributed by atoms with Gasteiger partial charge < -0.3 is 4.98 Å². The van der Waals surface area contributed by atoms with Crippen molar-refractivity contribution in [1.82, 2.24) is 9.55 Å². The topological polar surface area (TPSA) is 54.9 Å². The zero-order chi connectivity index (χ0) is 16.8. The number of hydrogen-bond acceptors (Lipinski definition) is 4. The molecule has 122 valence electrons. The third-order valence-corrected chi connectivity index (χ3v) is 6.05. The van der Waals surface area contributed by atoms with Crippen molar-refractivity contribution in [1.29, 1.82) is 0 Å². The summed E-state index contributed by atoms with van der Waals surface area (Å²) in [6.45, 7) is 0. The van der Waals surface area contributed by atoms with Crippen molar-refractivity contribution in [2.24, 2.45) is 0 Å². The van der Waals surface area contributed by atoms with Gasteiger partial charge in [0.15, 0.2) is 4.77 Å². The summed E-state index contributed by atoms with van der Waals surface area (Å²) < 4.78 is 1.19. The van der Waals surface area contributed by atoms with E-state index in [2.05, 4.69) is 4.98 Å². The number of nitrogens with zero attached hydrogens (tertiary/aromatic N) is 1. The van der Waals surface area contributed by atoms with Crippen molar-refractivity contribution in [3.05, 3.63) is 60.4 Å². The number of carbonyl (C=O) groups excluding carboxylic acids is 1. The third-order valence-electron chi connectivity index (χ3n) is 4.31. The highest BCUT2D eigenvalue weighted by molar-refractivity contribution is 7.71. The Morgan fingerprint density at radius 1 is 1.21 bits per heavy atom. The summed E-state index contributed by atoms with van der Waals surface area (Å²) in [4.78, 5) is 30.8. The Morgan fingerprint density at radius 2 is 1.92 bits per heavy atom. The zero-order valence-electron chi connectivity index (χ0n) is 12.6. The SMILES string of the molecule is O=C(c1ccc(Cl)cc1)n1c(=S)[nH]c2sc3c(c2c1=O)CCCC3. The first-order chi connectivity index (χ1) is 11.6. The maximum absolute atomic E-state index is 13.0. The number of hydrogen-bond donors (Lipinski definition) is 1. The molecule has 0 saturated carbocycles. The summed E-state index contributed by atoms with van der Waals surface area (Å²) in [7, 11) is 0. The molecule has 0 bridgehead atoms. The van der Waals surface area contributed by atoms with Crippen LogP contribution in [-0.2, 0) is 12.8 Å². The molecule has 4 rings (SSSR count). The number of benzene rings is 1. The molecule has 1 aromatic carbocycles. The number of carbonyl (C=O) groups is 1. The van der Waals surface area contributed by atoms with Crippen LogP contribution in [0.2, 0.25) is 5.02 Å². The van der Waals surface area contributed by atoms with E-state index in [0.29, 0.717) is 16.0 Å². The summed E-state index contributed by atoms with van der Waals surface area (Å²) in [6.07, 6.45) is 4.07. The zero-order valence-corrected chi connectivity index (χ0v) is 15.0. The molecule has 2 aromatic heterocycles. The van der Waals surface area contributed by atoms with Crippen LogP contribution in [0.5, 0.6) is 0 Å². The van der Waals surface area contributed by atoms with E-state index in [9.17, 15) is 9.59 Å². The molecule has 0 aliphatic heterocycles. The van der Waals surface area contributed by atoms with E-state index in [0.717, 1.165) is 40.6 Å². The minimum Gasteiger partial charge on any atom is -0.323 e. The lowest BCUT2D eigenvalue weighted by Crippen LogP contribution is -2.29. The van der Waals surface area contributed by atoms with E-state index in [1.54, 1.807) is 35.6 Å². The molecule has 24 heavy (non-hydrogen) atoms. The highest BCUT2D eigenvalue weighted by Crippen LogP contribution is 2.33. The minimum absolute atomic E-state index is 0.131. The van der Waals surface area contributed by atoms with Gasteiger partial charge in [0.2, 0.25) is 0 Å². The molecule has 1 N–H and O–H groups in total. The number of fused-ring (bicyclic) bond motifs is 3. The van der Waals surface area contributed by atoms with Crippen LogP contribution in [0.3, 0.4) is 0 Å². The van der Waals surface area contributed by atoms with Crippen molar-refractivity contribution < 1.29 is 4.79 Å². The standard InChI is InChI=1S/C17H13ClN2O2S2/c18-10-7-5-9(6-8-10)15(21)20-16(22)13-11-3-1-2-4-12(11)24-14(13)19-17(20)23/h5-8H,1-4H2,(H,19,23). The van der Waals surface area contributed by atoms with E-state index in [1.165, 1.54) is 4.88 Å². The molecule has 7 heteroatoms. The van der Waals surface area contributed by atoms with Crippen LogP contribution in [0.15, 0.2) is 29.1 Å². The van der Waals surface area contributed by atoms with Crippen LogP contribution < -0.4 is 5.56 Å². The third kappa shape index (κ3) is 2.46. The maximum Gasteiger partial charge on any atom is 0.270 e. The largest absolute Gasteiger partial charge is 0.323 e. The van der Waals surface area contributed by atoms with Gasteiger partial charge in [0.25, 0.3) is 11.5 Å². The van der Waals surface area contributed by atoms with Crippen molar-refractivity contribution in [3.8, 4) is 0 Å². The smallest absolute Gasteiger partial charge is 0.270 e. The highest BCUT2D eigenvalue weighted by atomic mass is 35.5. The van der Waals surface area contributed by atoms with Gasteiger partial charge in [0.05, 0.1) is 5.39 Å². The van der Waals surface area contributed by atoms with Gasteiger partial charge in [-0.05, 0) is 67.7 Å². The van der Waals surface area contributed by atoms with Gasteiger partial charge in [0.1, 0.15) is 4.83 Å². The van der Waals surface area contributed by atoms with Gasteiger partial charge >= 0.3 is 0 Å². The quantitative estimate of drug-likeness (QED) is 0.643. The predicted molar refractivity (Wildman–Crippen MR) is 99.1 cm³/mol. The first kappa shape index (κ1) is 15.7. The van der Waals surface area contributed by atoms with E-state index < -0.39 is 5.91 Å². The number of thiophene rings is 1. The van der Waals surface area contributed by atoms with Crippen LogP contribution in [0, 0.1) is 4.77 Å². The second-order valence-corrected chi connectivity index (χ2v) is 7.73. The number of aryl methyl sites for hydroxylation is 2. The van der Waals surface area contributed by atoms with E-state index in [4.69, 9.17) is 23.8 Å². The Balaban J connectivity index is 1.95. The van der Waals surface area contributed by atoms with Gasteiger partial charge in [-0.15, -0.1) is 11.3 Å². The number of halogens is 1. The Morgan fingerprint density at radius 3 is 2.67 bits per heavy atom. The molecule has 2 heterocycles. The monoisotopic (exact) mass is 376 g/mol. The average molecular weight is 377 g/mol. The van der Waals surface area contributed by atoms with Crippen LogP contribution in [0.25, 0.3) is 10.2 Å². The van der Waals surface area contributed by atoms with Crippen LogP contribution in [-0.4, -0.2) is 15.5 Å². The van der Waals surface area contributed by atoms with Crippen molar-refractivity contribution in [2.75, 3.05) is 0 Å². The molecular weight excluding hydrogens is 364 g/mol. The molecule has 0 saturated heterocycles. The molecule has 4 nitrogen and oxygen atoms in total. The molecular formula is C17H13ClN2O2S2. The lowest BCUT2D eigenvalue weighted by Gasteiger charge is -2.10. The van der Waals surface area contributed by atoms with Crippen LogP contribution in [0.1, 0.15) is 33.6 Å². The lowest BCUT2D eigenvalue weighted by molar-refractivity contribution is 0.0953.